The third-order valence-corrected chi connectivity index (χ3v) is 4.91. The molecule has 0 N–H and O–H groups in total. The first-order chi connectivity index (χ1) is 10.8. The number of hydrogen-bond acceptors (Lipinski definition) is 6. The fraction of sp³-hybridized carbons (Fsp3) is 0.688. The van der Waals surface area contributed by atoms with Crippen LogP contribution in [0.25, 0.3) is 0 Å². The second kappa shape index (κ2) is 5.96. The first-order valence-corrected chi connectivity index (χ1v) is 8.06. The summed E-state index contributed by atoms with van der Waals surface area (Å²) in [7, 11) is 1.23. The SMILES string of the molecule is COc1cc(B2OC(C)(C)C(C)(C)O2)cnc1N1CCOCC1. The molecular formula is C16H25BN2O4. The van der Waals surface area contributed by atoms with Crippen LogP contribution in [0.1, 0.15) is 27.7 Å². The van der Waals surface area contributed by atoms with E-state index in [1.165, 1.54) is 0 Å². The lowest BCUT2D eigenvalue weighted by Gasteiger charge is -2.32. The molecule has 0 spiro atoms. The van der Waals surface area contributed by atoms with E-state index in [-0.39, 0.29) is 11.2 Å². The van der Waals surface area contributed by atoms with Crippen molar-refractivity contribution in [1.82, 2.24) is 4.98 Å². The maximum atomic E-state index is 6.08. The summed E-state index contributed by atoms with van der Waals surface area (Å²) < 4.78 is 23.1. The molecule has 2 aliphatic rings. The molecule has 6 nitrogen and oxygen atoms in total. The largest absolute Gasteiger partial charge is 0.496 e. The summed E-state index contributed by atoms with van der Waals surface area (Å²) in [4.78, 5) is 6.78. The Bertz CT molecular complexity index is 557. The molecule has 2 fully saturated rings. The van der Waals surface area contributed by atoms with Crippen molar-refractivity contribution in [2.45, 2.75) is 38.9 Å². The summed E-state index contributed by atoms with van der Waals surface area (Å²) in [6, 6.07) is 1.96. The zero-order valence-electron chi connectivity index (χ0n) is 14.6. The molecule has 1 aromatic heterocycles. The van der Waals surface area contributed by atoms with E-state index in [0.29, 0.717) is 13.2 Å². The van der Waals surface area contributed by atoms with Crippen LogP contribution in [0.5, 0.6) is 5.75 Å². The highest BCUT2D eigenvalue weighted by Gasteiger charge is 2.52. The van der Waals surface area contributed by atoms with E-state index in [1.807, 2.05) is 40.0 Å². The smallest absolute Gasteiger partial charge is 0.493 e. The second-order valence-corrected chi connectivity index (χ2v) is 6.98. The fourth-order valence-corrected chi connectivity index (χ4v) is 2.72. The Balaban J connectivity index is 1.85. The topological polar surface area (TPSA) is 53.0 Å². The summed E-state index contributed by atoms with van der Waals surface area (Å²) in [6.45, 7) is 11.2. The van der Waals surface area contributed by atoms with Crippen LogP contribution in [0.3, 0.4) is 0 Å². The molecule has 0 unspecified atom stereocenters. The Morgan fingerprint density at radius 1 is 1.13 bits per heavy atom. The van der Waals surface area contributed by atoms with Crippen LogP contribution in [-0.4, -0.2) is 56.7 Å². The van der Waals surface area contributed by atoms with Gasteiger partial charge in [0.05, 0.1) is 31.5 Å². The molecule has 0 bridgehead atoms. The Hall–Kier alpha value is -1.31. The summed E-state index contributed by atoms with van der Waals surface area (Å²) in [5, 5.41) is 0. The van der Waals surface area contributed by atoms with Gasteiger partial charge in [-0.1, -0.05) is 0 Å². The molecule has 0 saturated carbocycles. The monoisotopic (exact) mass is 320 g/mol. The third-order valence-electron chi connectivity index (χ3n) is 4.91. The lowest BCUT2D eigenvalue weighted by Crippen LogP contribution is -2.41. The standard InChI is InChI=1S/C16H25BN2O4/c1-15(2)16(3,4)23-17(22-15)12-10-13(20-5)14(18-11-12)19-6-8-21-9-7-19/h10-11H,6-9H2,1-5H3. The van der Waals surface area contributed by atoms with Crippen molar-refractivity contribution >= 4 is 18.4 Å². The van der Waals surface area contributed by atoms with Crippen LogP contribution in [0.4, 0.5) is 5.82 Å². The Morgan fingerprint density at radius 2 is 1.74 bits per heavy atom. The molecular weight excluding hydrogens is 295 g/mol. The van der Waals surface area contributed by atoms with Crippen molar-refractivity contribution < 1.29 is 18.8 Å². The van der Waals surface area contributed by atoms with Gasteiger partial charge in [0, 0.05) is 24.7 Å². The number of anilines is 1. The lowest BCUT2D eigenvalue weighted by atomic mass is 9.80. The summed E-state index contributed by atoms with van der Waals surface area (Å²) in [5.74, 6) is 1.58. The van der Waals surface area contributed by atoms with Crippen molar-refractivity contribution in [3.05, 3.63) is 12.3 Å². The van der Waals surface area contributed by atoms with Gasteiger partial charge in [0.2, 0.25) is 0 Å². The van der Waals surface area contributed by atoms with Crippen molar-refractivity contribution in [2.24, 2.45) is 0 Å². The van der Waals surface area contributed by atoms with Crippen LogP contribution in [0.2, 0.25) is 0 Å². The molecule has 0 aromatic carbocycles. The number of morpholine rings is 1. The molecule has 2 aliphatic heterocycles. The number of rotatable bonds is 3. The van der Waals surface area contributed by atoms with Crippen LogP contribution in [-0.2, 0) is 14.0 Å². The van der Waals surface area contributed by atoms with E-state index in [1.54, 1.807) is 7.11 Å². The van der Waals surface area contributed by atoms with E-state index in [0.717, 1.165) is 30.1 Å². The molecule has 0 atom stereocenters. The Morgan fingerprint density at radius 3 is 2.30 bits per heavy atom. The van der Waals surface area contributed by atoms with Crippen molar-refractivity contribution in [2.75, 3.05) is 38.3 Å². The van der Waals surface area contributed by atoms with Crippen molar-refractivity contribution in [3.8, 4) is 5.75 Å². The normalized spacial score (nSPS) is 23.2. The molecule has 1 aromatic rings. The molecule has 3 heterocycles. The van der Waals surface area contributed by atoms with E-state index in [4.69, 9.17) is 18.8 Å². The Kier molecular flexibility index (Phi) is 4.29. The average Bonchev–Trinajstić information content (AvgIpc) is 2.75. The highest BCUT2D eigenvalue weighted by molar-refractivity contribution is 6.62. The molecule has 126 valence electrons. The molecule has 0 aliphatic carbocycles. The van der Waals surface area contributed by atoms with Gasteiger partial charge in [0.15, 0.2) is 11.6 Å². The number of hydrogen-bond donors (Lipinski definition) is 0. The van der Waals surface area contributed by atoms with Gasteiger partial charge in [-0.2, -0.15) is 0 Å². The van der Waals surface area contributed by atoms with Gasteiger partial charge in [0.25, 0.3) is 0 Å². The fourth-order valence-electron chi connectivity index (χ4n) is 2.72. The molecule has 0 amide bonds. The highest BCUT2D eigenvalue weighted by atomic mass is 16.7. The van der Waals surface area contributed by atoms with Gasteiger partial charge in [-0.25, -0.2) is 4.98 Å². The highest BCUT2D eigenvalue weighted by Crippen LogP contribution is 2.37. The van der Waals surface area contributed by atoms with Crippen molar-refractivity contribution in [1.29, 1.82) is 0 Å². The van der Waals surface area contributed by atoms with Gasteiger partial charge in [-0.05, 0) is 33.8 Å². The van der Waals surface area contributed by atoms with Crippen molar-refractivity contribution in [3.63, 3.8) is 0 Å². The van der Waals surface area contributed by atoms with Crippen LogP contribution in [0, 0.1) is 0 Å². The van der Waals surface area contributed by atoms with Crippen LogP contribution < -0.4 is 15.1 Å². The minimum absolute atomic E-state index is 0.367. The molecule has 23 heavy (non-hydrogen) atoms. The summed E-state index contributed by atoms with van der Waals surface area (Å²) >= 11 is 0. The minimum atomic E-state index is -0.430. The van der Waals surface area contributed by atoms with E-state index >= 15 is 0 Å². The van der Waals surface area contributed by atoms with E-state index < -0.39 is 7.12 Å². The third kappa shape index (κ3) is 3.05. The minimum Gasteiger partial charge on any atom is -0.493 e. The zero-order valence-corrected chi connectivity index (χ0v) is 14.6. The maximum Gasteiger partial charge on any atom is 0.496 e. The number of pyridine rings is 1. The molecule has 3 rings (SSSR count). The first kappa shape index (κ1) is 16.5. The van der Waals surface area contributed by atoms with E-state index in [9.17, 15) is 0 Å². The maximum absolute atomic E-state index is 6.08. The number of ether oxygens (including phenoxy) is 2. The van der Waals surface area contributed by atoms with Gasteiger partial charge >= 0.3 is 7.12 Å². The Labute approximate surface area is 138 Å². The van der Waals surface area contributed by atoms with Crippen LogP contribution in [0.15, 0.2) is 12.3 Å². The van der Waals surface area contributed by atoms with Gasteiger partial charge in [-0.3, -0.25) is 0 Å². The average molecular weight is 320 g/mol. The second-order valence-electron chi connectivity index (χ2n) is 6.98. The first-order valence-electron chi connectivity index (χ1n) is 8.06. The number of methoxy groups -OCH3 is 1. The lowest BCUT2D eigenvalue weighted by molar-refractivity contribution is 0.00578. The summed E-state index contributed by atoms with van der Waals surface area (Å²) in [5.41, 5.74) is 0.138. The van der Waals surface area contributed by atoms with Crippen LogP contribution >= 0.6 is 0 Å². The summed E-state index contributed by atoms with van der Waals surface area (Å²) in [6.07, 6.45) is 1.81. The van der Waals surface area contributed by atoms with Gasteiger partial charge in [0.1, 0.15) is 0 Å². The number of nitrogens with zero attached hydrogens (tertiary/aromatic N) is 2. The quantitative estimate of drug-likeness (QED) is 0.781. The molecule has 7 heteroatoms. The molecule has 2 saturated heterocycles. The predicted octanol–water partition coefficient (Wildman–Crippen LogP) is 1.23. The molecule has 0 radical (unpaired) electrons. The predicted molar refractivity (Wildman–Crippen MR) is 89.5 cm³/mol. The zero-order chi connectivity index (χ0) is 16.7. The van der Waals surface area contributed by atoms with Gasteiger partial charge < -0.3 is 23.7 Å². The van der Waals surface area contributed by atoms with E-state index in [2.05, 4.69) is 9.88 Å². The number of aromatic nitrogens is 1. The van der Waals surface area contributed by atoms with Gasteiger partial charge in [-0.15, -0.1) is 0 Å².